The first kappa shape index (κ1) is 19.5. The van der Waals surface area contributed by atoms with Crippen molar-refractivity contribution in [3.63, 3.8) is 0 Å². The largest absolute Gasteiger partial charge is 0.398 e. The van der Waals surface area contributed by atoms with Gasteiger partial charge in [0.2, 0.25) is 0 Å². The molecule has 0 aliphatic rings. The maximum absolute atomic E-state index is 12.7. The molecule has 0 bridgehead atoms. The van der Waals surface area contributed by atoms with Crippen molar-refractivity contribution in [3.8, 4) is 0 Å². The lowest BCUT2D eigenvalue weighted by Gasteiger charge is -2.09. The van der Waals surface area contributed by atoms with Crippen LogP contribution in [0.1, 0.15) is 37.8 Å². The van der Waals surface area contributed by atoms with E-state index in [1.807, 2.05) is 13.8 Å². The Morgan fingerprint density at radius 3 is 1.71 bits per heavy atom. The van der Waals surface area contributed by atoms with Gasteiger partial charge in [-0.2, -0.15) is 0 Å². The lowest BCUT2D eigenvalue weighted by Crippen LogP contribution is -1.99. The Morgan fingerprint density at radius 1 is 0.833 bits per heavy atom. The van der Waals surface area contributed by atoms with E-state index in [0.29, 0.717) is 22.4 Å². The fourth-order valence-corrected chi connectivity index (χ4v) is 2.01. The maximum atomic E-state index is 12.7. The third-order valence-corrected chi connectivity index (χ3v) is 3.30. The van der Waals surface area contributed by atoms with Gasteiger partial charge in [0.25, 0.3) is 0 Å². The summed E-state index contributed by atoms with van der Waals surface area (Å²) in [4.78, 5) is 0. The van der Waals surface area contributed by atoms with Gasteiger partial charge in [0.15, 0.2) is 23.3 Å². The minimum atomic E-state index is -0.933. The summed E-state index contributed by atoms with van der Waals surface area (Å²) in [5, 5.41) is 0. The molecule has 0 radical (unpaired) electrons. The van der Waals surface area contributed by atoms with Gasteiger partial charge in [-0.15, -0.1) is 0 Å². The van der Waals surface area contributed by atoms with Gasteiger partial charge >= 0.3 is 0 Å². The van der Waals surface area contributed by atoms with Gasteiger partial charge in [-0.25, -0.2) is 17.6 Å². The summed E-state index contributed by atoms with van der Waals surface area (Å²) >= 11 is 0. The van der Waals surface area contributed by atoms with Crippen LogP contribution in [0.25, 0.3) is 5.57 Å². The Hall–Kier alpha value is -2.50. The molecule has 130 valence electrons. The van der Waals surface area contributed by atoms with Crippen LogP contribution >= 0.6 is 0 Å². The number of nitrogens with two attached hydrogens (primary N) is 2. The topological polar surface area (TPSA) is 52.0 Å². The number of halogens is 4. The third kappa shape index (κ3) is 4.75. The molecule has 0 saturated carbocycles. The number of hydrogen-bond acceptors (Lipinski definition) is 2. The fourth-order valence-electron chi connectivity index (χ4n) is 2.01. The van der Waals surface area contributed by atoms with Crippen molar-refractivity contribution in [2.45, 2.75) is 26.7 Å². The Morgan fingerprint density at radius 2 is 1.25 bits per heavy atom. The van der Waals surface area contributed by atoms with Crippen molar-refractivity contribution in [2.24, 2.45) is 0 Å². The lowest BCUT2D eigenvalue weighted by molar-refractivity contribution is 0.507. The van der Waals surface area contributed by atoms with Crippen molar-refractivity contribution >= 4 is 16.9 Å². The van der Waals surface area contributed by atoms with E-state index in [0.717, 1.165) is 24.3 Å². The highest BCUT2D eigenvalue weighted by Gasteiger charge is 2.09. The van der Waals surface area contributed by atoms with Gasteiger partial charge in [0, 0.05) is 29.1 Å². The summed E-state index contributed by atoms with van der Waals surface area (Å²) in [7, 11) is 0. The molecule has 0 aromatic heterocycles. The van der Waals surface area contributed by atoms with E-state index in [4.69, 9.17) is 11.5 Å². The Balaban J connectivity index is 0.000000240. The molecule has 4 N–H and O–H groups in total. The molecule has 0 aliphatic heterocycles. The second kappa shape index (κ2) is 7.86. The molecule has 2 rings (SSSR count). The number of nitrogen functional groups attached to an aromatic ring is 2. The van der Waals surface area contributed by atoms with Crippen LogP contribution in [0.15, 0.2) is 30.8 Å². The third-order valence-electron chi connectivity index (χ3n) is 3.30. The monoisotopic (exact) mass is 340 g/mol. The van der Waals surface area contributed by atoms with Gasteiger partial charge < -0.3 is 11.5 Å². The molecular weight excluding hydrogens is 320 g/mol. The van der Waals surface area contributed by atoms with Gasteiger partial charge in [0.05, 0.1) is 0 Å². The highest BCUT2D eigenvalue weighted by molar-refractivity contribution is 5.72. The fraction of sp³-hybridized carbons (Fsp3) is 0.222. The predicted octanol–water partition coefficient (Wildman–Crippen LogP) is 5.25. The Labute approximate surface area is 138 Å². The first-order chi connectivity index (χ1) is 11.0. The molecule has 0 fully saturated rings. The van der Waals surface area contributed by atoms with Crippen LogP contribution in [0.2, 0.25) is 0 Å². The summed E-state index contributed by atoms with van der Waals surface area (Å²) in [5.41, 5.74) is 13.1. The zero-order valence-corrected chi connectivity index (χ0v) is 13.8. The van der Waals surface area contributed by atoms with Crippen LogP contribution in [0.5, 0.6) is 0 Å². The smallest absolute Gasteiger partial charge is 0.160 e. The molecule has 6 heteroatoms. The molecule has 0 aliphatic carbocycles. The summed E-state index contributed by atoms with van der Waals surface area (Å²) < 4.78 is 50.4. The van der Waals surface area contributed by atoms with E-state index in [2.05, 4.69) is 6.58 Å². The zero-order chi connectivity index (χ0) is 18.6. The average molecular weight is 340 g/mol. The Kier molecular flexibility index (Phi) is 6.40. The molecule has 0 heterocycles. The summed E-state index contributed by atoms with van der Waals surface area (Å²) in [6, 6.07) is 4.17. The van der Waals surface area contributed by atoms with Crippen LogP contribution in [0, 0.1) is 23.3 Å². The molecule has 24 heavy (non-hydrogen) atoms. The second-order valence-electron chi connectivity index (χ2n) is 5.68. The highest BCUT2D eigenvalue weighted by atomic mass is 19.2. The molecule has 2 aromatic carbocycles. The van der Waals surface area contributed by atoms with Crippen LogP contribution < -0.4 is 11.5 Å². The number of hydrogen-bond donors (Lipinski definition) is 2. The second-order valence-corrected chi connectivity index (χ2v) is 5.68. The van der Waals surface area contributed by atoms with Crippen LogP contribution in [-0.4, -0.2) is 0 Å². The maximum Gasteiger partial charge on any atom is 0.160 e. The molecule has 0 saturated heterocycles. The quantitative estimate of drug-likeness (QED) is 0.579. The minimum Gasteiger partial charge on any atom is -0.398 e. The van der Waals surface area contributed by atoms with Gasteiger partial charge in [0.1, 0.15) is 0 Å². The van der Waals surface area contributed by atoms with Gasteiger partial charge in [-0.1, -0.05) is 20.4 Å². The van der Waals surface area contributed by atoms with Gasteiger partial charge in [-0.05, 0) is 36.1 Å². The molecule has 2 nitrogen and oxygen atoms in total. The first-order valence-corrected chi connectivity index (χ1v) is 7.19. The normalized spacial score (nSPS) is 10.3. The SMILES string of the molecule is C=C(C)c1cc(F)c(F)cc1N.CC(C)c1cc(F)c(F)cc1N. The Bertz CT molecular complexity index is 755. The van der Waals surface area contributed by atoms with Crippen molar-refractivity contribution < 1.29 is 17.6 Å². The number of benzene rings is 2. The van der Waals surface area contributed by atoms with E-state index in [9.17, 15) is 17.6 Å². The summed E-state index contributed by atoms with van der Waals surface area (Å²) in [6.07, 6.45) is 0. The minimum absolute atomic E-state index is 0.111. The van der Waals surface area contributed by atoms with Crippen LogP contribution in [-0.2, 0) is 0 Å². The molecule has 0 unspecified atom stereocenters. The molecule has 0 atom stereocenters. The van der Waals surface area contributed by atoms with E-state index >= 15 is 0 Å². The van der Waals surface area contributed by atoms with Crippen molar-refractivity contribution in [3.05, 3.63) is 65.2 Å². The first-order valence-electron chi connectivity index (χ1n) is 7.19. The molecule has 2 aromatic rings. The average Bonchev–Trinajstić information content (AvgIpc) is 2.46. The molecule has 0 amide bonds. The van der Waals surface area contributed by atoms with E-state index in [1.54, 1.807) is 6.92 Å². The van der Waals surface area contributed by atoms with Crippen molar-refractivity contribution in [1.29, 1.82) is 0 Å². The summed E-state index contributed by atoms with van der Waals surface area (Å²) in [5.74, 6) is -3.45. The highest BCUT2D eigenvalue weighted by Crippen LogP contribution is 2.24. The zero-order valence-electron chi connectivity index (χ0n) is 13.8. The molecular formula is C18H20F4N2. The predicted molar refractivity (Wildman–Crippen MR) is 90.3 cm³/mol. The summed E-state index contributed by atoms with van der Waals surface area (Å²) in [6.45, 7) is 9.03. The number of rotatable bonds is 2. The number of anilines is 2. The van der Waals surface area contributed by atoms with E-state index in [1.165, 1.54) is 0 Å². The number of allylic oxidation sites excluding steroid dienone is 1. The molecule has 0 spiro atoms. The van der Waals surface area contributed by atoms with Gasteiger partial charge in [-0.3, -0.25) is 0 Å². The lowest BCUT2D eigenvalue weighted by atomic mass is 10.0. The van der Waals surface area contributed by atoms with Crippen molar-refractivity contribution in [1.82, 2.24) is 0 Å². The standard InChI is InChI=1S/C9H11F2N.C9H9F2N/c2*1-5(2)6-3-7(10)8(11)4-9(6)12/h3-5H,12H2,1-2H3;3-4H,1,12H2,2H3. The van der Waals surface area contributed by atoms with E-state index in [-0.39, 0.29) is 11.6 Å². The van der Waals surface area contributed by atoms with Crippen molar-refractivity contribution in [2.75, 3.05) is 11.5 Å². The van der Waals surface area contributed by atoms with Crippen LogP contribution in [0.4, 0.5) is 28.9 Å². The van der Waals surface area contributed by atoms with Crippen LogP contribution in [0.3, 0.4) is 0 Å². The van der Waals surface area contributed by atoms with E-state index < -0.39 is 23.3 Å².